The first-order valence-electron chi connectivity index (χ1n) is 5.10. The molecule has 2 aromatic rings. The van der Waals surface area contributed by atoms with Crippen molar-refractivity contribution in [2.45, 2.75) is 12.8 Å². The predicted octanol–water partition coefficient (Wildman–Crippen LogP) is 2.90. The molecule has 1 unspecified atom stereocenters. The van der Waals surface area contributed by atoms with Crippen LogP contribution in [0.4, 0.5) is 5.69 Å². The molecule has 1 heterocycles. The average molecular weight is 197 g/mol. The van der Waals surface area contributed by atoms with E-state index in [-0.39, 0.29) is 11.8 Å². The molecule has 2 aromatic carbocycles. The molecular weight excluding hydrogens is 186 g/mol. The van der Waals surface area contributed by atoms with E-state index in [1.165, 1.54) is 10.8 Å². The van der Waals surface area contributed by atoms with Crippen molar-refractivity contribution in [2.24, 2.45) is 0 Å². The van der Waals surface area contributed by atoms with Crippen molar-refractivity contribution < 1.29 is 4.79 Å². The third kappa shape index (κ3) is 1.08. The standard InChI is InChI=1S/C13H11NO/c1-8-10-6-2-4-9-5-3-7-11(12(9)10)14-13(8)15/h2-8H,1H3,(H,14,15). The number of anilines is 1. The molecular formula is C13H11NO. The molecule has 1 aliphatic rings. The Balaban J connectivity index is 2.46. The minimum atomic E-state index is -0.0522. The summed E-state index contributed by atoms with van der Waals surface area (Å²) in [6.07, 6.45) is 0. The first-order valence-corrected chi connectivity index (χ1v) is 5.10. The second-order valence-corrected chi connectivity index (χ2v) is 3.96. The zero-order valence-electron chi connectivity index (χ0n) is 8.45. The number of amides is 1. The van der Waals surface area contributed by atoms with E-state index < -0.39 is 0 Å². The minimum Gasteiger partial charge on any atom is -0.325 e. The Morgan fingerprint density at radius 2 is 1.87 bits per heavy atom. The lowest BCUT2D eigenvalue weighted by Crippen LogP contribution is -2.23. The maximum absolute atomic E-state index is 11.7. The van der Waals surface area contributed by atoms with Crippen molar-refractivity contribution in [1.82, 2.24) is 0 Å². The number of hydrogen-bond donors (Lipinski definition) is 1. The van der Waals surface area contributed by atoms with Gasteiger partial charge in [0.15, 0.2) is 0 Å². The van der Waals surface area contributed by atoms with Crippen LogP contribution in [0.2, 0.25) is 0 Å². The molecule has 2 nitrogen and oxygen atoms in total. The second-order valence-electron chi connectivity index (χ2n) is 3.96. The molecule has 2 heteroatoms. The summed E-state index contributed by atoms with van der Waals surface area (Å²) in [5.41, 5.74) is 2.07. The molecule has 74 valence electrons. The molecule has 0 saturated heterocycles. The van der Waals surface area contributed by atoms with E-state index in [9.17, 15) is 4.79 Å². The highest BCUT2D eigenvalue weighted by molar-refractivity contribution is 6.11. The summed E-state index contributed by atoms with van der Waals surface area (Å²) in [6, 6.07) is 12.1. The molecule has 0 bridgehead atoms. The molecule has 1 amide bonds. The molecule has 1 N–H and O–H groups in total. The van der Waals surface area contributed by atoms with Gasteiger partial charge in [0, 0.05) is 11.1 Å². The summed E-state index contributed by atoms with van der Waals surface area (Å²) in [4.78, 5) is 11.7. The normalized spacial score (nSPS) is 19.0. The Hall–Kier alpha value is -1.83. The van der Waals surface area contributed by atoms with Crippen molar-refractivity contribution in [3.8, 4) is 0 Å². The molecule has 0 aromatic heterocycles. The van der Waals surface area contributed by atoms with Gasteiger partial charge in [-0.3, -0.25) is 4.79 Å². The number of hydrogen-bond acceptors (Lipinski definition) is 1. The summed E-state index contributed by atoms with van der Waals surface area (Å²) in [5.74, 6) is 0.0322. The highest BCUT2D eigenvalue weighted by Gasteiger charge is 2.24. The van der Waals surface area contributed by atoms with Crippen LogP contribution in [0, 0.1) is 0 Å². The summed E-state index contributed by atoms with van der Waals surface area (Å²) in [6.45, 7) is 1.94. The maximum atomic E-state index is 11.7. The summed E-state index contributed by atoms with van der Waals surface area (Å²) in [5, 5.41) is 5.31. The molecule has 3 rings (SSSR count). The van der Waals surface area contributed by atoms with E-state index in [4.69, 9.17) is 0 Å². The Bertz CT molecular complexity index is 554. The lowest BCUT2D eigenvalue weighted by molar-refractivity contribution is -0.117. The quantitative estimate of drug-likeness (QED) is 0.691. The molecule has 1 atom stereocenters. The van der Waals surface area contributed by atoms with Crippen LogP contribution in [0.3, 0.4) is 0 Å². The number of benzene rings is 2. The lowest BCUT2D eigenvalue weighted by atomic mass is 9.90. The largest absolute Gasteiger partial charge is 0.325 e. The van der Waals surface area contributed by atoms with Crippen LogP contribution >= 0.6 is 0 Å². The van der Waals surface area contributed by atoms with Gasteiger partial charge < -0.3 is 5.32 Å². The summed E-state index contributed by atoms with van der Waals surface area (Å²) >= 11 is 0. The topological polar surface area (TPSA) is 29.1 Å². The fraction of sp³-hybridized carbons (Fsp3) is 0.154. The summed E-state index contributed by atoms with van der Waals surface area (Å²) in [7, 11) is 0. The van der Waals surface area contributed by atoms with Crippen molar-refractivity contribution in [2.75, 3.05) is 5.32 Å². The molecule has 15 heavy (non-hydrogen) atoms. The van der Waals surface area contributed by atoms with Crippen LogP contribution in [0.5, 0.6) is 0 Å². The third-order valence-corrected chi connectivity index (χ3v) is 3.05. The van der Waals surface area contributed by atoms with Crippen LogP contribution in [0.15, 0.2) is 36.4 Å². The van der Waals surface area contributed by atoms with Crippen LogP contribution in [-0.2, 0) is 4.79 Å². The average Bonchev–Trinajstić information content (AvgIpc) is 2.26. The molecule has 0 saturated carbocycles. The SMILES string of the molecule is CC1C(=O)Nc2cccc3cccc1c23. The number of carbonyl (C=O) groups is 1. The van der Waals surface area contributed by atoms with Gasteiger partial charge in [-0.05, 0) is 23.9 Å². The van der Waals surface area contributed by atoms with Gasteiger partial charge in [-0.15, -0.1) is 0 Å². The lowest BCUT2D eigenvalue weighted by Gasteiger charge is -2.22. The first-order chi connectivity index (χ1) is 7.27. The van der Waals surface area contributed by atoms with E-state index in [0.717, 1.165) is 11.3 Å². The van der Waals surface area contributed by atoms with E-state index in [2.05, 4.69) is 17.4 Å². The van der Waals surface area contributed by atoms with Gasteiger partial charge in [-0.25, -0.2) is 0 Å². The molecule has 0 radical (unpaired) electrons. The zero-order chi connectivity index (χ0) is 10.4. The van der Waals surface area contributed by atoms with Gasteiger partial charge in [-0.1, -0.05) is 30.3 Å². The third-order valence-electron chi connectivity index (χ3n) is 3.05. The fourth-order valence-electron chi connectivity index (χ4n) is 2.22. The van der Waals surface area contributed by atoms with Crippen LogP contribution in [0.1, 0.15) is 18.4 Å². The highest BCUT2D eigenvalue weighted by atomic mass is 16.1. The minimum absolute atomic E-state index is 0.0522. The van der Waals surface area contributed by atoms with Crippen LogP contribution in [-0.4, -0.2) is 5.91 Å². The smallest absolute Gasteiger partial charge is 0.231 e. The van der Waals surface area contributed by atoms with Gasteiger partial charge >= 0.3 is 0 Å². The van der Waals surface area contributed by atoms with E-state index in [1.807, 2.05) is 31.2 Å². The van der Waals surface area contributed by atoms with Gasteiger partial charge in [0.05, 0.1) is 5.92 Å². The van der Waals surface area contributed by atoms with E-state index in [1.54, 1.807) is 0 Å². The summed E-state index contributed by atoms with van der Waals surface area (Å²) < 4.78 is 0. The first kappa shape index (κ1) is 8.48. The van der Waals surface area contributed by atoms with Crippen molar-refractivity contribution >= 4 is 22.4 Å². The monoisotopic (exact) mass is 197 g/mol. The Labute approximate surface area is 87.9 Å². The highest BCUT2D eigenvalue weighted by Crippen LogP contribution is 2.35. The van der Waals surface area contributed by atoms with Crippen molar-refractivity contribution in [3.63, 3.8) is 0 Å². The molecule has 0 spiro atoms. The van der Waals surface area contributed by atoms with E-state index in [0.29, 0.717) is 0 Å². The Kier molecular flexibility index (Phi) is 1.60. The van der Waals surface area contributed by atoms with Crippen LogP contribution < -0.4 is 5.32 Å². The van der Waals surface area contributed by atoms with Gasteiger partial charge in [-0.2, -0.15) is 0 Å². The molecule has 1 aliphatic heterocycles. The van der Waals surface area contributed by atoms with Crippen molar-refractivity contribution in [1.29, 1.82) is 0 Å². The van der Waals surface area contributed by atoms with Gasteiger partial charge in [0.2, 0.25) is 5.91 Å². The number of carbonyl (C=O) groups excluding carboxylic acids is 1. The van der Waals surface area contributed by atoms with Gasteiger partial charge in [0.1, 0.15) is 0 Å². The molecule has 0 fully saturated rings. The van der Waals surface area contributed by atoms with E-state index >= 15 is 0 Å². The van der Waals surface area contributed by atoms with Crippen LogP contribution in [0.25, 0.3) is 10.8 Å². The number of rotatable bonds is 0. The Morgan fingerprint density at radius 3 is 2.67 bits per heavy atom. The predicted molar refractivity (Wildman–Crippen MR) is 61.0 cm³/mol. The van der Waals surface area contributed by atoms with Gasteiger partial charge in [0.25, 0.3) is 0 Å². The number of nitrogens with one attached hydrogen (secondary N) is 1. The zero-order valence-corrected chi connectivity index (χ0v) is 8.45. The van der Waals surface area contributed by atoms with Crippen molar-refractivity contribution in [3.05, 3.63) is 42.0 Å². The maximum Gasteiger partial charge on any atom is 0.231 e. The second kappa shape index (κ2) is 2.83. The fourth-order valence-corrected chi connectivity index (χ4v) is 2.22. The Morgan fingerprint density at radius 1 is 1.13 bits per heavy atom. The molecule has 0 aliphatic carbocycles.